The van der Waals surface area contributed by atoms with Gasteiger partial charge in [-0.25, -0.2) is 4.98 Å². The van der Waals surface area contributed by atoms with Crippen molar-refractivity contribution >= 4 is 17.4 Å². The Hall–Kier alpha value is -1.78. The van der Waals surface area contributed by atoms with E-state index in [9.17, 15) is 4.79 Å². The second kappa shape index (κ2) is 7.86. The van der Waals surface area contributed by atoms with E-state index in [4.69, 9.17) is 5.73 Å². The highest BCUT2D eigenvalue weighted by Gasteiger charge is 2.16. The molecule has 1 aliphatic carbocycles. The van der Waals surface area contributed by atoms with Crippen LogP contribution in [0.2, 0.25) is 0 Å². The number of aryl methyl sites for hydroxylation is 1. The van der Waals surface area contributed by atoms with E-state index in [0.717, 1.165) is 5.56 Å². The molecule has 1 amide bonds. The number of nitrogens with two attached hydrogens (primary N) is 1. The first-order valence-electron chi connectivity index (χ1n) is 7.88. The zero-order valence-electron chi connectivity index (χ0n) is 12.8. The largest absolute Gasteiger partial charge is 0.396 e. The predicted molar refractivity (Wildman–Crippen MR) is 86.1 cm³/mol. The van der Waals surface area contributed by atoms with Gasteiger partial charge in [0.05, 0.1) is 5.69 Å². The number of amides is 1. The maximum absolute atomic E-state index is 11.9. The molecule has 0 aromatic carbocycles. The SMILES string of the molecule is Cc1cnc(NCCNC(=O)CC2CCCCC2)c(N)c1. The van der Waals surface area contributed by atoms with Crippen molar-refractivity contribution < 1.29 is 4.79 Å². The van der Waals surface area contributed by atoms with Crippen LogP contribution in [0.1, 0.15) is 44.1 Å². The molecule has 5 nitrogen and oxygen atoms in total. The van der Waals surface area contributed by atoms with Crippen molar-refractivity contribution in [1.82, 2.24) is 10.3 Å². The van der Waals surface area contributed by atoms with E-state index in [2.05, 4.69) is 15.6 Å². The quantitative estimate of drug-likeness (QED) is 0.703. The van der Waals surface area contributed by atoms with Gasteiger partial charge in [0.1, 0.15) is 5.82 Å². The van der Waals surface area contributed by atoms with Crippen molar-refractivity contribution in [3.8, 4) is 0 Å². The van der Waals surface area contributed by atoms with Gasteiger partial charge in [0.25, 0.3) is 0 Å². The van der Waals surface area contributed by atoms with E-state index in [1.54, 1.807) is 6.20 Å². The maximum atomic E-state index is 11.9. The number of carbonyl (C=O) groups is 1. The lowest BCUT2D eigenvalue weighted by Gasteiger charge is -2.20. The molecule has 0 saturated heterocycles. The molecule has 1 aliphatic rings. The third-order valence-corrected chi connectivity index (χ3v) is 3.99. The smallest absolute Gasteiger partial charge is 0.220 e. The van der Waals surface area contributed by atoms with Crippen LogP contribution in [0.4, 0.5) is 11.5 Å². The van der Waals surface area contributed by atoms with Crippen LogP contribution in [0, 0.1) is 12.8 Å². The van der Waals surface area contributed by atoms with Crippen molar-refractivity contribution in [3.63, 3.8) is 0 Å². The van der Waals surface area contributed by atoms with E-state index < -0.39 is 0 Å². The summed E-state index contributed by atoms with van der Waals surface area (Å²) in [6, 6.07) is 1.89. The minimum atomic E-state index is 0.161. The van der Waals surface area contributed by atoms with Crippen LogP contribution in [-0.2, 0) is 4.79 Å². The second-order valence-electron chi connectivity index (χ2n) is 5.94. The molecular weight excluding hydrogens is 264 g/mol. The summed E-state index contributed by atoms with van der Waals surface area (Å²) in [5.74, 6) is 1.43. The highest BCUT2D eigenvalue weighted by atomic mass is 16.1. The molecule has 1 aromatic heterocycles. The van der Waals surface area contributed by atoms with Gasteiger partial charge in [-0.05, 0) is 37.3 Å². The zero-order valence-corrected chi connectivity index (χ0v) is 12.8. The van der Waals surface area contributed by atoms with E-state index >= 15 is 0 Å². The number of hydrogen-bond donors (Lipinski definition) is 3. The minimum absolute atomic E-state index is 0.161. The summed E-state index contributed by atoms with van der Waals surface area (Å²) in [7, 11) is 0. The zero-order chi connectivity index (χ0) is 15.1. The van der Waals surface area contributed by atoms with Crippen LogP contribution >= 0.6 is 0 Å². The molecule has 0 aliphatic heterocycles. The van der Waals surface area contributed by atoms with Crippen molar-refractivity contribution in [2.75, 3.05) is 24.1 Å². The molecule has 1 saturated carbocycles. The molecule has 5 heteroatoms. The fourth-order valence-electron chi connectivity index (χ4n) is 2.85. The highest BCUT2D eigenvalue weighted by molar-refractivity contribution is 5.76. The monoisotopic (exact) mass is 290 g/mol. The number of nitrogens with zero attached hydrogens (tertiary/aromatic N) is 1. The van der Waals surface area contributed by atoms with Gasteiger partial charge >= 0.3 is 0 Å². The van der Waals surface area contributed by atoms with Gasteiger partial charge in [0.2, 0.25) is 5.91 Å². The normalized spacial score (nSPS) is 15.7. The molecule has 0 unspecified atom stereocenters. The summed E-state index contributed by atoms with van der Waals surface area (Å²) >= 11 is 0. The van der Waals surface area contributed by atoms with Gasteiger partial charge < -0.3 is 16.4 Å². The molecule has 4 N–H and O–H groups in total. The Balaban J connectivity index is 1.63. The Labute approximate surface area is 126 Å². The predicted octanol–water partition coefficient (Wildman–Crippen LogP) is 2.47. The summed E-state index contributed by atoms with van der Waals surface area (Å²) in [5.41, 5.74) is 7.56. The molecule has 1 fully saturated rings. The van der Waals surface area contributed by atoms with Crippen molar-refractivity contribution in [2.45, 2.75) is 45.4 Å². The summed E-state index contributed by atoms with van der Waals surface area (Å²) in [5, 5.41) is 6.11. The van der Waals surface area contributed by atoms with Gasteiger partial charge in [0, 0.05) is 25.7 Å². The minimum Gasteiger partial charge on any atom is -0.396 e. The van der Waals surface area contributed by atoms with Crippen molar-refractivity contribution in [2.24, 2.45) is 5.92 Å². The first kappa shape index (κ1) is 15.6. The lowest BCUT2D eigenvalue weighted by atomic mass is 9.87. The van der Waals surface area contributed by atoms with E-state index in [-0.39, 0.29) is 5.91 Å². The number of pyridine rings is 1. The number of nitrogen functional groups attached to an aromatic ring is 1. The van der Waals surface area contributed by atoms with Crippen LogP contribution < -0.4 is 16.4 Å². The number of rotatable bonds is 6. The molecule has 1 heterocycles. The lowest BCUT2D eigenvalue weighted by molar-refractivity contribution is -0.122. The summed E-state index contributed by atoms with van der Waals surface area (Å²) in [4.78, 5) is 16.1. The molecule has 0 bridgehead atoms. The third-order valence-electron chi connectivity index (χ3n) is 3.99. The van der Waals surface area contributed by atoms with Gasteiger partial charge in [-0.15, -0.1) is 0 Å². The summed E-state index contributed by atoms with van der Waals surface area (Å²) in [6.45, 7) is 3.19. The van der Waals surface area contributed by atoms with Gasteiger partial charge in [-0.2, -0.15) is 0 Å². The highest BCUT2D eigenvalue weighted by Crippen LogP contribution is 2.25. The average molecular weight is 290 g/mol. The molecule has 0 spiro atoms. The fraction of sp³-hybridized carbons (Fsp3) is 0.625. The average Bonchev–Trinajstić information content (AvgIpc) is 2.46. The number of carbonyl (C=O) groups excluding carboxylic acids is 1. The molecule has 21 heavy (non-hydrogen) atoms. The van der Waals surface area contributed by atoms with Crippen LogP contribution in [-0.4, -0.2) is 24.0 Å². The summed E-state index contributed by atoms with van der Waals surface area (Å²) < 4.78 is 0. The molecule has 0 atom stereocenters. The van der Waals surface area contributed by atoms with Crippen LogP contribution in [0.3, 0.4) is 0 Å². The molecule has 1 aromatic rings. The van der Waals surface area contributed by atoms with Crippen LogP contribution in [0.25, 0.3) is 0 Å². The second-order valence-corrected chi connectivity index (χ2v) is 5.94. The first-order valence-corrected chi connectivity index (χ1v) is 7.88. The Morgan fingerprint density at radius 3 is 2.81 bits per heavy atom. The van der Waals surface area contributed by atoms with Crippen molar-refractivity contribution in [3.05, 3.63) is 17.8 Å². The Bertz CT molecular complexity index is 469. The number of anilines is 2. The Kier molecular flexibility index (Phi) is 5.84. The summed E-state index contributed by atoms with van der Waals surface area (Å²) in [6.07, 6.45) is 8.74. The number of aromatic nitrogens is 1. The topological polar surface area (TPSA) is 80.0 Å². The first-order chi connectivity index (χ1) is 10.1. The van der Waals surface area contributed by atoms with Gasteiger partial charge in [-0.3, -0.25) is 4.79 Å². The molecular formula is C16H26N4O. The van der Waals surface area contributed by atoms with Gasteiger partial charge in [0.15, 0.2) is 0 Å². The third kappa shape index (κ3) is 5.25. The van der Waals surface area contributed by atoms with E-state index in [1.807, 2.05) is 13.0 Å². The number of hydrogen-bond acceptors (Lipinski definition) is 4. The van der Waals surface area contributed by atoms with Crippen LogP contribution in [0.5, 0.6) is 0 Å². The van der Waals surface area contributed by atoms with Crippen molar-refractivity contribution in [1.29, 1.82) is 0 Å². The fourth-order valence-corrected chi connectivity index (χ4v) is 2.85. The molecule has 0 radical (unpaired) electrons. The van der Waals surface area contributed by atoms with Gasteiger partial charge in [-0.1, -0.05) is 19.3 Å². The standard InChI is InChI=1S/C16H26N4O/c1-12-9-14(17)16(20-11-12)19-8-7-18-15(21)10-13-5-3-2-4-6-13/h9,11,13H,2-8,10,17H2,1H3,(H,18,21)(H,19,20). The molecule has 116 valence electrons. The maximum Gasteiger partial charge on any atom is 0.220 e. The van der Waals surface area contributed by atoms with E-state index in [1.165, 1.54) is 32.1 Å². The lowest BCUT2D eigenvalue weighted by Crippen LogP contribution is -2.30. The Morgan fingerprint density at radius 2 is 2.10 bits per heavy atom. The van der Waals surface area contributed by atoms with Crippen LogP contribution in [0.15, 0.2) is 12.3 Å². The molecule has 2 rings (SSSR count). The Morgan fingerprint density at radius 1 is 1.33 bits per heavy atom. The number of nitrogens with one attached hydrogen (secondary N) is 2. The van der Waals surface area contributed by atoms with E-state index in [0.29, 0.717) is 36.9 Å².